The second-order valence-corrected chi connectivity index (χ2v) is 7.54. The molecule has 0 aromatic heterocycles. The van der Waals surface area contributed by atoms with Crippen molar-refractivity contribution in [1.82, 2.24) is 4.90 Å². The Morgan fingerprint density at radius 1 is 1.28 bits per heavy atom. The summed E-state index contributed by atoms with van der Waals surface area (Å²) in [7, 11) is 0. The second-order valence-electron chi connectivity index (χ2n) is 6.82. The van der Waals surface area contributed by atoms with Gasteiger partial charge in [-0.1, -0.05) is 25.4 Å². The van der Waals surface area contributed by atoms with Crippen LogP contribution in [0.3, 0.4) is 0 Å². The molecule has 1 aromatic rings. The molecule has 1 atom stereocenters. The highest BCUT2D eigenvalue weighted by Gasteiger charge is 2.22. The Labute approximate surface area is 159 Å². The van der Waals surface area contributed by atoms with Gasteiger partial charge in [-0.3, -0.25) is 4.79 Å². The predicted molar refractivity (Wildman–Crippen MR) is 105 cm³/mol. The molecule has 1 fully saturated rings. The van der Waals surface area contributed by atoms with Crippen LogP contribution in [0.15, 0.2) is 18.2 Å². The van der Waals surface area contributed by atoms with Gasteiger partial charge < -0.3 is 20.2 Å². The van der Waals surface area contributed by atoms with Crippen LogP contribution in [0.2, 0.25) is 5.02 Å². The highest BCUT2D eigenvalue weighted by molar-refractivity contribution is 6.33. The number of piperazine rings is 1. The SMILES string of the molecule is CC(C)CC(=O)N1CCN(c2ccc(NCC(O)CCl)cc2Cl)CC1. The van der Waals surface area contributed by atoms with Gasteiger partial charge in [0.05, 0.1) is 22.7 Å². The van der Waals surface area contributed by atoms with Crippen molar-refractivity contribution in [3.63, 3.8) is 0 Å². The number of alkyl halides is 1. The van der Waals surface area contributed by atoms with Crippen LogP contribution in [-0.2, 0) is 4.79 Å². The third kappa shape index (κ3) is 5.94. The van der Waals surface area contributed by atoms with E-state index in [0.717, 1.165) is 37.6 Å². The fourth-order valence-electron chi connectivity index (χ4n) is 2.84. The van der Waals surface area contributed by atoms with E-state index in [2.05, 4.69) is 24.1 Å². The van der Waals surface area contributed by atoms with Crippen molar-refractivity contribution >= 4 is 40.5 Å². The summed E-state index contributed by atoms with van der Waals surface area (Å²) < 4.78 is 0. The maximum Gasteiger partial charge on any atom is 0.222 e. The van der Waals surface area contributed by atoms with Gasteiger partial charge in [-0.2, -0.15) is 0 Å². The number of carbonyl (C=O) groups excluding carboxylic acids is 1. The molecular formula is C18H27Cl2N3O2. The van der Waals surface area contributed by atoms with E-state index < -0.39 is 6.10 Å². The number of aliphatic hydroxyl groups excluding tert-OH is 1. The molecule has 1 amide bonds. The van der Waals surface area contributed by atoms with Gasteiger partial charge in [0.1, 0.15) is 0 Å². The van der Waals surface area contributed by atoms with Crippen molar-refractivity contribution in [1.29, 1.82) is 0 Å². The van der Waals surface area contributed by atoms with Crippen molar-refractivity contribution in [3.05, 3.63) is 23.2 Å². The lowest BCUT2D eigenvalue weighted by Gasteiger charge is -2.37. The molecule has 1 aliphatic rings. The minimum Gasteiger partial charge on any atom is -0.390 e. The number of halogens is 2. The van der Waals surface area contributed by atoms with Crippen molar-refractivity contribution in [2.75, 3.05) is 48.8 Å². The van der Waals surface area contributed by atoms with E-state index in [-0.39, 0.29) is 11.8 Å². The van der Waals surface area contributed by atoms with E-state index in [1.807, 2.05) is 23.1 Å². The molecule has 0 saturated carbocycles. The number of benzene rings is 1. The molecule has 0 spiro atoms. The zero-order chi connectivity index (χ0) is 18.4. The van der Waals surface area contributed by atoms with Crippen LogP contribution in [0.25, 0.3) is 0 Å². The van der Waals surface area contributed by atoms with Crippen LogP contribution >= 0.6 is 23.2 Å². The van der Waals surface area contributed by atoms with Gasteiger partial charge in [0.2, 0.25) is 5.91 Å². The molecule has 2 N–H and O–H groups in total. The summed E-state index contributed by atoms with van der Waals surface area (Å²) in [6.45, 7) is 7.53. The Hall–Kier alpha value is -1.17. The third-order valence-corrected chi connectivity index (χ3v) is 4.88. The molecule has 1 aliphatic heterocycles. The number of amides is 1. The summed E-state index contributed by atoms with van der Waals surface area (Å²) in [5, 5.41) is 13.3. The molecule has 140 valence electrons. The Balaban J connectivity index is 1.91. The summed E-state index contributed by atoms with van der Waals surface area (Å²) in [6.07, 6.45) is 0.0199. The maximum atomic E-state index is 12.2. The Morgan fingerprint density at radius 3 is 2.52 bits per heavy atom. The average Bonchev–Trinajstić information content (AvgIpc) is 2.59. The smallest absolute Gasteiger partial charge is 0.222 e. The number of hydrogen-bond acceptors (Lipinski definition) is 4. The summed E-state index contributed by atoms with van der Waals surface area (Å²) in [5.41, 5.74) is 1.82. The number of rotatable bonds is 7. The molecular weight excluding hydrogens is 361 g/mol. The van der Waals surface area contributed by atoms with E-state index in [1.54, 1.807) is 0 Å². The van der Waals surface area contributed by atoms with Crippen molar-refractivity contribution < 1.29 is 9.90 Å². The molecule has 0 aliphatic carbocycles. The maximum absolute atomic E-state index is 12.2. The highest BCUT2D eigenvalue weighted by atomic mass is 35.5. The van der Waals surface area contributed by atoms with Gasteiger partial charge in [0, 0.05) is 44.8 Å². The van der Waals surface area contributed by atoms with E-state index >= 15 is 0 Å². The van der Waals surface area contributed by atoms with E-state index in [0.29, 0.717) is 23.9 Å². The van der Waals surface area contributed by atoms with Gasteiger partial charge in [-0.25, -0.2) is 0 Å². The largest absolute Gasteiger partial charge is 0.390 e. The lowest BCUT2D eigenvalue weighted by Crippen LogP contribution is -2.49. The number of nitrogens with one attached hydrogen (secondary N) is 1. The first-order valence-corrected chi connectivity index (χ1v) is 9.62. The number of nitrogens with zero attached hydrogens (tertiary/aromatic N) is 2. The van der Waals surface area contributed by atoms with Gasteiger partial charge in [0.15, 0.2) is 0 Å². The lowest BCUT2D eigenvalue weighted by atomic mass is 10.1. The number of anilines is 2. The van der Waals surface area contributed by atoms with E-state index in [9.17, 15) is 9.90 Å². The first-order valence-electron chi connectivity index (χ1n) is 8.71. The molecule has 1 heterocycles. The summed E-state index contributed by atoms with van der Waals surface area (Å²) in [5.74, 6) is 0.814. The minimum absolute atomic E-state index is 0.193. The van der Waals surface area contributed by atoms with Crippen molar-refractivity contribution in [3.8, 4) is 0 Å². The molecule has 7 heteroatoms. The normalized spacial score (nSPS) is 16.2. The van der Waals surface area contributed by atoms with Crippen LogP contribution in [-0.4, -0.2) is 60.6 Å². The number of aliphatic hydroxyl groups is 1. The molecule has 25 heavy (non-hydrogen) atoms. The van der Waals surface area contributed by atoms with Crippen LogP contribution in [0, 0.1) is 5.92 Å². The zero-order valence-electron chi connectivity index (χ0n) is 14.8. The standard InChI is InChI=1S/C18H27Cl2N3O2/c1-13(2)9-18(25)23-7-5-22(6-8-23)17-4-3-14(10-16(17)20)21-12-15(24)11-19/h3-4,10,13,15,21,24H,5-9,11-12H2,1-2H3. The van der Waals surface area contributed by atoms with Crippen molar-refractivity contribution in [2.24, 2.45) is 5.92 Å². The lowest BCUT2D eigenvalue weighted by molar-refractivity contribution is -0.132. The van der Waals surface area contributed by atoms with Crippen LogP contribution in [0.1, 0.15) is 20.3 Å². The first-order chi connectivity index (χ1) is 11.9. The van der Waals surface area contributed by atoms with Gasteiger partial charge in [-0.15, -0.1) is 11.6 Å². The third-order valence-electron chi connectivity index (χ3n) is 4.22. The molecule has 0 radical (unpaired) electrons. The average molecular weight is 388 g/mol. The molecule has 5 nitrogen and oxygen atoms in total. The highest BCUT2D eigenvalue weighted by Crippen LogP contribution is 2.29. The molecule has 1 aromatic carbocycles. The number of carbonyl (C=O) groups is 1. The zero-order valence-corrected chi connectivity index (χ0v) is 16.4. The minimum atomic E-state index is -0.587. The molecule has 1 saturated heterocycles. The van der Waals surface area contributed by atoms with Crippen LogP contribution in [0.5, 0.6) is 0 Å². The molecule has 2 rings (SSSR count). The summed E-state index contributed by atoms with van der Waals surface area (Å²) in [6, 6.07) is 5.77. The monoisotopic (exact) mass is 387 g/mol. The van der Waals surface area contributed by atoms with E-state index in [4.69, 9.17) is 23.2 Å². The quantitative estimate of drug-likeness (QED) is 0.705. The predicted octanol–water partition coefficient (Wildman–Crippen LogP) is 3.05. The summed E-state index contributed by atoms with van der Waals surface area (Å²) >= 11 is 12.0. The Kier molecular flexibility index (Phi) is 7.66. The second kappa shape index (κ2) is 9.51. The van der Waals surface area contributed by atoms with Crippen LogP contribution in [0.4, 0.5) is 11.4 Å². The number of hydrogen-bond donors (Lipinski definition) is 2. The van der Waals surface area contributed by atoms with Gasteiger partial charge in [-0.05, 0) is 24.1 Å². The Bertz CT molecular complexity index is 575. The van der Waals surface area contributed by atoms with Crippen LogP contribution < -0.4 is 10.2 Å². The topological polar surface area (TPSA) is 55.8 Å². The summed E-state index contributed by atoms with van der Waals surface area (Å²) in [4.78, 5) is 16.3. The van der Waals surface area contributed by atoms with E-state index in [1.165, 1.54) is 0 Å². The fraction of sp³-hybridized carbons (Fsp3) is 0.611. The first kappa shape index (κ1) is 20.1. The van der Waals surface area contributed by atoms with Gasteiger partial charge >= 0.3 is 0 Å². The Morgan fingerprint density at radius 2 is 1.96 bits per heavy atom. The molecule has 0 bridgehead atoms. The van der Waals surface area contributed by atoms with Crippen molar-refractivity contribution in [2.45, 2.75) is 26.4 Å². The fourth-order valence-corrected chi connectivity index (χ4v) is 3.25. The molecule has 1 unspecified atom stereocenters. The van der Waals surface area contributed by atoms with Gasteiger partial charge in [0.25, 0.3) is 0 Å².